The van der Waals surface area contributed by atoms with E-state index >= 15 is 0 Å². The van der Waals surface area contributed by atoms with Gasteiger partial charge in [-0.15, -0.1) is 0 Å². The maximum absolute atomic E-state index is 12.1. The highest BCUT2D eigenvalue weighted by molar-refractivity contribution is 5.96. The zero-order valence-corrected chi connectivity index (χ0v) is 12.2. The Hall–Kier alpha value is -2.09. The van der Waals surface area contributed by atoms with E-state index in [0.717, 1.165) is 5.69 Å². The molecular weight excluding hydrogens is 246 g/mol. The molecule has 102 valence electrons. The normalized spacial score (nSPS) is 17.6. The van der Waals surface area contributed by atoms with Gasteiger partial charge in [0.05, 0.1) is 0 Å². The van der Waals surface area contributed by atoms with Crippen molar-refractivity contribution < 1.29 is 4.79 Å². The van der Waals surface area contributed by atoms with E-state index in [1.54, 1.807) is 0 Å². The number of amides is 1. The van der Waals surface area contributed by atoms with Gasteiger partial charge in [-0.3, -0.25) is 4.79 Å². The molecule has 1 N–H and O–H groups in total. The van der Waals surface area contributed by atoms with Crippen LogP contribution in [-0.4, -0.2) is 5.91 Å². The van der Waals surface area contributed by atoms with Gasteiger partial charge in [0.15, 0.2) is 0 Å². The largest absolute Gasteiger partial charge is 0.326 e. The molecule has 2 aromatic rings. The molecule has 1 amide bonds. The van der Waals surface area contributed by atoms with E-state index in [4.69, 9.17) is 0 Å². The third-order valence-corrected chi connectivity index (χ3v) is 4.36. The van der Waals surface area contributed by atoms with Crippen LogP contribution in [0.3, 0.4) is 0 Å². The number of carbonyl (C=O) groups is 1. The minimum Gasteiger partial charge on any atom is -0.326 e. The summed E-state index contributed by atoms with van der Waals surface area (Å²) >= 11 is 0. The number of carbonyl (C=O) groups excluding carboxylic acids is 1. The first-order valence-electron chi connectivity index (χ1n) is 7.03. The van der Waals surface area contributed by atoms with Crippen molar-refractivity contribution in [3.63, 3.8) is 0 Å². The van der Waals surface area contributed by atoms with Crippen molar-refractivity contribution in [1.82, 2.24) is 0 Å². The fourth-order valence-electron chi connectivity index (χ4n) is 3.03. The fraction of sp³-hybridized carbons (Fsp3) is 0.278. The molecule has 1 aliphatic heterocycles. The van der Waals surface area contributed by atoms with Gasteiger partial charge in [0, 0.05) is 18.0 Å². The van der Waals surface area contributed by atoms with Crippen molar-refractivity contribution in [1.29, 1.82) is 0 Å². The molecule has 20 heavy (non-hydrogen) atoms. The lowest BCUT2D eigenvalue weighted by Gasteiger charge is -2.29. The summed E-state index contributed by atoms with van der Waals surface area (Å²) in [7, 11) is 0. The van der Waals surface area contributed by atoms with Crippen LogP contribution in [0.25, 0.3) is 0 Å². The molecule has 2 heteroatoms. The molecule has 0 saturated carbocycles. The van der Waals surface area contributed by atoms with Gasteiger partial charge in [-0.1, -0.05) is 36.4 Å². The van der Waals surface area contributed by atoms with Crippen LogP contribution in [0.1, 0.15) is 40.2 Å². The Kier molecular flexibility index (Phi) is 3.09. The van der Waals surface area contributed by atoms with Gasteiger partial charge < -0.3 is 5.32 Å². The lowest BCUT2D eigenvalue weighted by molar-refractivity contribution is -0.116. The van der Waals surface area contributed by atoms with Crippen LogP contribution >= 0.6 is 0 Å². The number of hydrogen-bond donors (Lipinski definition) is 1. The second-order valence-corrected chi connectivity index (χ2v) is 5.63. The summed E-state index contributed by atoms with van der Waals surface area (Å²) in [5, 5.41) is 3.05. The molecule has 1 atom stereocenters. The Labute approximate surface area is 119 Å². The SMILES string of the molecule is Cc1ccccc1C1CC(=O)Nc2c1ccc(C)c2C. The van der Waals surface area contributed by atoms with E-state index in [1.165, 1.54) is 27.8 Å². The Morgan fingerprint density at radius 2 is 1.70 bits per heavy atom. The lowest BCUT2D eigenvalue weighted by atomic mass is 9.81. The van der Waals surface area contributed by atoms with Gasteiger partial charge >= 0.3 is 0 Å². The predicted molar refractivity (Wildman–Crippen MR) is 82.2 cm³/mol. The van der Waals surface area contributed by atoms with Crippen molar-refractivity contribution in [2.45, 2.75) is 33.1 Å². The van der Waals surface area contributed by atoms with Crippen molar-refractivity contribution in [3.05, 3.63) is 64.2 Å². The molecule has 2 aromatic carbocycles. The Bertz CT molecular complexity index is 688. The Morgan fingerprint density at radius 3 is 2.45 bits per heavy atom. The number of anilines is 1. The first-order chi connectivity index (χ1) is 9.58. The predicted octanol–water partition coefficient (Wildman–Crippen LogP) is 4.09. The number of hydrogen-bond acceptors (Lipinski definition) is 1. The van der Waals surface area contributed by atoms with Gasteiger partial charge in [0.25, 0.3) is 0 Å². The monoisotopic (exact) mass is 265 g/mol. The van der Waals surface area contributed by atoms with Crippen LogP contribution in [0.4, 0.5) is 5.69 Å². The molecule has 1 unspecified atom stereocenters. The van der Waals surface area contributed by atoms with Crippen LogP contribution in [0, 0.1) is 20.8 Å². The van der Waals surface area contributed by atoms with E-state index < -0.39 is 0 Å². The Balaban J connectivity index is 2.19. The smallest absolute Gasteiger partial charge is 0.225 e. The van der Waals surface area contributed by atoms with Gasteiger partial charge in [-0.25, -0.2) is 0 Å². The molecule has 0 radical (unpaired) electrons. The second kappa shape index (κ2) is 4.78. The summed E-state index contributed by atoms with van der Waals surface area (Å²) in [6, 6.07) is 12.7. The van der Waals surface area contributed by atoms with E-state index in [1.807, 2.05) is 6.07 Å². The summed E-state index contributed by atoms with van der Waals surface area (Å²) in [6.07, 6.45) is 0.528. The van der Waals surface area contributed by atoms with Crippen molar-refractivity contribution in [2.75, 3.05) is 5.32 Å². The zero-order valence-electron chi connectivity index (χ0n) is 12.2. The fourth-order valence-corrected chi connectivity index (χ4v) is 3.03. The standard InChI is InChI=1S/C18H19NO/c1-11-8-9-15-16(14-7-5-4-6-12(14)2)10-17(20)19-18(15)13(11)3/h4-9,16H,10H2,1-3H3,(H,19,20). The maximum atomic E-state index is 12.1. The molecule has 0 fully saturated rings. The third-order valence-electron chi connectivity index (χ3n) is 4.36. The van der Waals surface area contributed by atoms with E-state index in [0.29, 0.717) is 6.42 Å². The summed E-state index contributed by atoms with van der Waals surface area (Å²) in [5.41, 5.74) is 7.14. The molecule has 1 heterocycles. The Morgan fingerprint density at radius 1 is 0.950 bits per heavy atom. The first-order valence-corrected chi connectivity index (χ1v) is 7.03. The van der Waals surface area contributed by atoms with E-state index in [2.05, 4.69) is 56.4 Å². The molecular formula is C18H19NO. The van der Waals surface area contributed by atoms with E-state index in [9.17, 15) is 4.79 Å². The highest BCUT2D eigenvalue weighted by Gasteiger charge is 2.28. The number of nitrogens with one attached hydrogen (secondary N) is 1. The summed E-state index contributed by atoms with van der Waals surface area (Å²) in [4.78, 5) is 12.1. The minimum absolute atomic E-state index is 0.111. The average molecular weight is 265 g/mol. The van der Waals surface area contributed by atoms with Crippen LogP contribution < -0.4 is 5.32 Å². The first kappa shape index (κ1) is 12.9. The highest BCUT2D eigenvalue weighted by atomic mass is 16.1. The maximum Gasteiger partial charge on any atom is 0.225 e. The van der Waals surface area contributed by atoms with Crippen LogP contribution in [-0.2, 0) is 4.79 Å². The summed E-state index contributed by atoms with van der Waals surface area (Å²) < 4.78 is 0. The third kappa shape index (κ3) is 2.01. The molecule has 0 saturated heterocycles. The number of aryl methyl sites for hydroxylation is 2. The van der Waals surface area contributed by atoms with Crippen LogP contribution in [0.2, 0.25) is 0 Å². The number of benzene rings is 2. The van der Waals surface area contributed by atoms with Crippen molar-refractivity contribution in [2.24, 2.45) is 0 Å². The van der Waals surface area contributed by atoms with Crippen LogP contribution in [0.5, 0.6) is 0 Å². The van der Waals surface area contributed by atoms with E-state index in [-0.39, 0.29) is 11.8 Å². The van der Waals surface area contributed by atoms with Gasteiger partial charge in [0.1, 0.15) is 0 Å². The molecule has 3 rings (SSSR count). The van der Waals surface area contributed by atoms with Crippen LogP contribution in [0.15, 0.2) is 36.4 Å². The van der Waals surface area contributed by atoms with Crippen molar-refractivity contribution in [3.8, 4) is 0 Å². The number of rotatable bonds is 1. The average Bonchev–Trinajstić information content (AvgIpc) is 2.43. The molecule has 0 aromatic heterocycles. The quantitative estimate of drug-likeness (QED) is 0.826. The summed E-state index contributed by atoms with van der Waals surface area (Å²) in [6.45, 7) is 6.27. The molecule has 1 aliphatic rings. The number of fused-ring (bicyclic) bond motifs is 1. The van der Waals surface area contributed by atoms with Gasteiger partial charge in [-0.05, 0) is 48.6 Å². The van der Waals surface area contributed by atoms with Crippen molar-refractivity contribution >= 4 is 11.6 Å². The second-order valence-electron chi connectivity index (χ2n) is 5.63. The minimum atomic E-state index is 0.111. The molecule has 0 aliphatic carbocycles. The zero-order chi connectivity index (χ0) is 14.3. The topological polar surface area (TPSA) is 29.1 Å². The van der Waals surface area contributed by atoms with Gasteiger partial charge in [-0.2, -0.15) is 0 Å². The molecule has 2 nitrogen and oxygen atoms in total. The lowest BCUT2D eigenvalue weighted by Crippen LogP contribution is -2.25. The summed E-state index contributed by atoms with van der Waals surface area (Å²) in [5.74, 6) is 0.277. The van der Waals surface area contributed by atoms with Gasteiger partial charge in [0.2, 0.25) is 5.91 Å². The highest BCUT2D eigenvalue weighted by Crippen LogP contribution is 2.40. The molecule has 0 spiro atoms. The molecule has 0 bridgehead atoms.